The molecule has 0 aromatic carbocycles. The van der Waals surface area contributed by atoms with Crippen molar-refractivity contribution in [2.24, 2.45) is 28.1 Å². The summed E-state index contributed by atoms with van der Waals surface area (Å²) in [6.45, 7) is 3.39. The fourth-order valence-corrected chi connectivity index (χ4v) is 2.58. The highest BCUT2D eigenvalue weighted by Gasteiger charge is 2.26. The summed E-state index contributed by atoms with van der Waals surface area (Å²) in [6.07, 6.45) is 1.34. The van der Waals surface area contributed by atoms with Crippen molar-refractivity contribution in [3.8, 4) is 0 Å². The fraction of sp³-hybridized carbons (Fsp3) is 0.706. The van der Waals surface area contributed by atoms with Crippen molar-refractivity contribution in [1.82, 2.24) is 16.0 Å². The number of hydrogen-bond donors (Lipinski definition) is 8. The molecule has 0 fully saturated rings. The van der Waals surface area contributed by atoms with Crippen molar-refractivity contribution in [2.45, 2.75) is 51.2 Å². The molecule has 172 valence electrons. The lowest BCUT2D eigenvalue weighted by Crippen LogP contribution is -2.54. The summed E-state index contributed by atoms with van der Waals surface area (Å²) in [4.78, 5) is 51.4. The molecular formula is C17H33N7O5S. The fourth-order valence-electron chi connectivity index (χ4n) is 2.32. The smallest absolute Gasteiger partial charge is 0.326 e. The van der Waals surface area contributed by atoms with Gasteiger partial charge in [0.05, 0.1) is 12.6 Å². The van der Waals surface area contributed by atoms with E-state index in [1.807, 2.05) is 0 Å². The van der Waals surface area contributed by atoms with E-state index in [9.17, 15) is 24.3 Å². The van der Waals surface area contributed by atoms with E-state index in [1.165, 1.54) is 0 Å². The summed E-state index contributed by atoms with van der Waals surface area (Å²) < 4.78 is 0. The van der Waals surface area contributed by atoms with Crippen molar-refractivity contribution in [2.75, 3.05) is 18.8 Å². The van der Waals surface area contributed by atoms with Crippen LogP contribution < -0.4 is 33.2 Å². The average Bonchev–Trinajstić information content (AvgIpc) is 2.69. The molecule has 30 heavy (non-hydrogen) atoms. The van der Waals surface area contributed by atoms with E-state index in [1.54, 1.807) is 13.8 Å². The van der Waals surface area contributed by atoms with Gasteiger partial charge in [0.1, 0.15) is 12.1 Å². The number of thiol groups is 1. The minimum absolute atomic E-state index is 0.0233. The van der Waals surface area contributed by atoms with E-state index in [4.69, 9.17) is 17.2 Å². The van der Waals surface area contributed by atoms with E-state index in [0.717, 1.165) is 0 Å². The lowest BCUT2D eigenvalue weighted by Gasteiger charge is -2.21. The summed E-state index contributed by atoms with van der Waals surface area (Å²) in [6, 6.07) is -2.94. The number of carbonyl (C=O) groups is 4. The third-order valence-electron chi connectivity index (χ3n) is 4.34. The van der Waals surface area contributed by atoms with Gasteiger partial charge in [0.15, 0.2) is 5.96 Å². The molecule has 0 spiro atoms. The number of rotatable bonds is 14. The average molecular weight is 448 g/mol. The van der Waals surface area contributed by atoms with E-state index in [2.05, 4.69) is 33.6 Å². The number of carboxylic acid groups (broad SMARTS) is 1. The van der Waals surface area contributed by atoms with E-state index >= 15 is 0 Å². The Kier molecular flexibility index (Phi) is 13.2. The largest absolute Gasteiger partial charge is 0.480 e. The standard InChI is InChI=1S/C17H33N7O5S/c1-3-9(2)13(16(28)29)24-12(25)7-22-15(27)11(8-30)23-14(26)10(18)5-4-6-21-17(19)20/h9-11,13,30H,3-8,18H2,1-2H3,(H,22,27)(H,23,26)(H,24,25)(H,28,29)(H4,19,20,21). The first-order valence-corrected chi connectivity index (χ1v) is 10.2. The number of amides is 3. The first kappa shape index (κ1) is 27.5. The van der Waals surface area contributed by atoms with Crippen molar-refractivity contribution < 1.29 is 24.3 Å². The van der Waals surface area contributed by atoms with Crippen LogP contribution in [0.1, 0.15) is 33.1 Å². The first-order chi connectivity index (χ1) is 14.0. The van der Waals surface area contributed by atoms with Gasteiger partial charge in [-0.25, -0.2) is 4.79 Å². The monoisotopic (exact) mass is 447 g/mol. The van der Waals surface area contributed by atoms with Crippen molar-refractivity contribution >= 4 is 42.3 Å². The van der Waals surface area contributed by atoms with Gasteiger partial charge in [-0.05, 0) is 18.8 Å². The Bertz CT molecular complexity index is 628. The number of carbonyl (C=O) groups excluding carboxylic acids is 3. The summed E-state index contributed by atoms with van der Waals surface area (Å²) in [7, 11) is 0. The van der Waals surface area contributed by atoms with Crippen LogP contribution in [0.3, 0.4) is 0 Å². The highest BCUT2D eigenvalue weighted by atomic mass is 32.1. The zero-order valence-corrected chi connectivity index (χ0v) is 18.2. The number of aliphatic carboxylic acids is 1. The molecule has 0 aromatic rings. The number of nitrogens with two attached hydrogens (primary N) is 3. The normalized spacial score (nSPS) is 14.5. The van der Waals surface area contributed by atoms with Gasteiger partial charge in [0.25, 0.3) is 0 Å². The van der Waals surface area contributed by atoms with Crippen LogP contribution in [0, 0.1) is 5.92 Å². The van der Waals surface area contributed by atoms with Crippen LogP contribution >= 0.6 is 12.6 Å². The van der Waals surface area contributed by atoms with Gasteiger partial charge < -0.3 is 38.3 Å². The molecule has 0 heterocycles. The molecule has 0 rings (SSSR count). The van der Waals surface area contributed by atoms with Crippen LogP contribution in [0.15, 0.2) is 4.99 Å². The predicted molar refractivity (Wildman–Crippen MR) is 116 cm³/mol. The summed E-state index contributed by atoms with van der Waals surface area (Å²) >= 11 is 4.03. The highest BCUT2D eigenvalue weighted by Crippen LogP contribution is 2.07. The Labute approximate surface area is 181 Å². The molecule has 0 radical (unpaired) electrons. The summed E-state index contributed by atoms with van der Waals surface area (Å²) in [5.74, 6) is -3.36. The Morgan fingerprint density at radius 3 is 2.27 bits per heavy atom. The minimum Gasteiger partial charge on any atom is -0.480 e. The Morgan fingerprint density at radius 2 is 1.77 bits per heavy atom. The van der Waals surface area contributed by atoms with Gasteiger partial charge in [-0.2, -0.15) is 12.6 Å². The lowest BCUT2D eigenvalue weighted by molar-refractivity contribution is -0.143. The van der Waals surface area contributed by atoms with Crippen LogP contribution in [-0.2, 0) is 19.2 Å². The topological polar surface area (TPSA) is 215 Å². The molecule has 3 amide bonds. The first-order valence-electron chi connectivity index (χ1n) is 9.55. The third-order valence-corrected chi connectivity index (χ3v) is 4.70. The molecule has 0 aromatic heterocycles. The Balaban J connectivity index is 4.55. The van der Waals surface area contributed by atoms with Crippen LogP contribution in [0.25, 0.3) is 0 Å². The van der Waals surface area contributed by atoms with Crippen molar-refractivity contribution in [3.05, 3.63) is 0 Å². The van der Waals surface area contributed by atoms with Crippen LogP contribution in [0.2, 0.25) is 0 Å². The van der Waals surface area contributed by atoms with Crippen molar-refractivity contribution in [1.29, 1.82) is 0 Å². The van der Waals surface area contributed by atoms with E-state index in [0.29, 0.717) is 25.8 Å². The van der Waals surface area contributed by atoms with Crippen molar-refractivity contribution in [3.63, 3.8) is 0 Å². The Morgan fingerprint density at radius 1 is 1.13 bits per heavy atom. The molecule has 0 bridgehead atoms. The maximum Gasteiger partial charge on any atom is 0.326 e. The molecule has 4 atom stereocenters. The van der Waals surface area contributed by atoms with Gasteiger partial charge in [0, 0.05) is 12.3 Å². The van der Waals surface area contributed by atoms with Crippen LogP contribution in [0.5, 0.6) is 0 Å². The Hall–Kier alpha value is -2.54. The molecular weight excluding hydrogens is 414 g/mol. The zero-order chi connectivity index (χ0) is 23.3. The van der Waals surface area contributed by atoms with Gasteiger partial charge >= 0.3 is 5.97 Å². The second-order valence-corrected chi connectivity index (χ2v) is 7.15. The van der Waals surface area contributed by atoms with Crippen LogP contribution in [0.4, 0.5) is 0 Å². The molecule has 12 nitrogen and oxygen atoms in total. The highest BCUT2D eigenvalue weighted by molar-refractivity contribution is 7.80. The second-order valence-electron chi connectivity index (χ2n) is 6.79. The van der Waals surface area contributed by atoms with Gasteiger partial charge in [0.2, 0.25) is 17.7 Å². The summed E-state index contributed by atoms with van der Waals surface area (Å²) in [5.41, 5.74) is 16.2. The molecule has 13 heteroatoms. The number of carboxylic acids is 1. The minimum atomic E-state index is -1.15. The summed E-state index contributed by atoms with van der Waals surface area (Å²) in [5, 5.41) is 16.4. The zero-order valence-electron chi connectivity index (χ0n) is 17.3. The number of hydrogen-bond acceptors (Lipinski definition) is 7. The maximum absolute atomic E-state index is 12.2. The number of aliphatic imine (C=N–C) groups is 1. The molecule has 10 N–H and O–H groups in total. The SMILES string of the molecule is CCC(C)C(NC(=O)CNC(=O)C(CS)NC(=O)C(N)CCCN=C(N)N)C(=O)O. The number of guanidine groups is 1. The molecule has 4 unspecified atom stereocenters. The van der Waals surface area contributed by atoms with Gasteiger partial charge in [-0.1, -0.05) is 20.3 Å². The maximum atomic E-state index is 12.2. The molecule has 0 saturated heterocycles. The quantitative estimate of drug-likeness (QED) is 0.0615. The third kappa shape index (κ3) is 10.9. The molecule has 0 saturated carbocycles. The molecule has 0 aliphatic rings. The number of nitrogens with one attached hydrogen (secondary N) is 3. The predicted octanol–water partition coefficient (Wildman–Crippen LogP) is -2.49. The lowest BCUT2D eigenvalue weighted by atomic mass is 9.99. The molecule has 0 aliphatic heterocycles. The van der Waals surface area contributed by atoms with E-state index in [-0.39, 0.29) is 17.6 Å². The van der Waals surface area contributed by atoms with E-state index < -0.39 is 48.4 Å². The van der Waals surface area contributed by atoms with Gasteiger partial charge in [-0.15, -0.1) is 0 Å². The molecule has 0 aliphatic carbocycles. The van der Waals surface area contributed by atoms with Gasteiger partial charge in [-0.3, -0.25) is 19.4 Å². The van der Waals surface area contributed by atoms with Crippen LogP contribution in [-0.4, -0.2) is 71.7 Å². The second kappa shape index (κ2) is 14.4. The number of nitrogens with zero attached hydrogens (tertiary/aromatic N) is 1.